The summed E-state index contributed by atoms with van der Waals surface area (Å²) in [5.74, 6) is -0.0463. The molecule has 1 saturated heterocycles. The predicted molar refractivity (Wildman–Crippen MR) is 77.1 cm³/mol. The lowest BCUT2D eigenvalue weighted by Crippen LogP contribution is -2.40. The summed E-state index contributed by atoms with van der Waals surface area (Å²) in [5.41, 5.74) is 1.13. The number of ether oxygens (including phenoxy) is 2. The van der Waals surface area contributed by atoms with Gasteiger partial charge in [-0.05, 0) is 5.56 Å². The third-order valence-electron chi connectivity index (χ3n) is 3.33. The van der Waals surface area contributed by atoms with E-state index in [0.717, 1.165) is 5.56 Å². The van der Waals surface area contributed by atoms with E-state index in [1.165, 1.54) is 6.92 Å². The summed E-state index contributed by atoms with van der Waals surface area (Å²) < 4.78 is 11.5. The number of hydrogen-bond acceptors (Lipinski definition) is 3. The molecule has 0 bridgehead atoms. The molecule has 1 N–H and O–H groups in total. The monoisotopic (exact) mass is 277 g/mol. The molecule has 1 unspecified atom stereocenters. The topological polar surface area (TPSA) is 47.6 Å². The molecule has 1 aliphatic rings. The minimum atomic E-state index is -0.264. The van der Waals surface area contributed by atoms with E-state index in [-0.39, 0.29) is 23.7 Å². The Morgan fingerprint density at radius 3 is 2.45 bits per heavy atom. The molecule has 20 heavy (non-hydrogen) atoms. The highest BCUT2D eigenvalue weighted by Gasteiger charge is 2.30. The maximum atomic E-state index is 11.4. The maximum Gasteiger partial charge on any atom is 0.217 e. The fourth-order valence-corrected chi connectivity index (χ4v) is 2.26. The van der Waals surface area contributed by atoms with E-state index in [1.54, 1.807) is 0 Å². The van der Waals surface area contributed by atoms with Crippen LogP contribution in [-0.4, -0.2) is 25.4 Å². The summed E-state index contributed by atoms with van der Waals surface area (Å²) in [5, 5.41) is 2.97. The molecule has 0 aliphatic carbocycles. The van der Waals surface area contributed by atoms with Crippen LogP contribution in [0, 0.1) is 5.41 Å². The fraction of sp³-hybridized carbons (Fsp3) is 0.562. The standard InChI is InChI=1S/C16H23NO3/c1-12(18)17-14(13-7-5-4-6-8-13)9-15-19-10-16(2,3)11-20-15/h4-8,14-15H,9-11H2,1-3H3,(H,17,18). The summed E-state index contributed by atoms with van der Waals surface area (Å²) >= 11 is 0. The Labute approximate surface area is 120 Å². The lowest BCUT2D eigenvalue weighted by molar-refractivity contribution is -0.226. The normalized spacial score (nSPS) is 20.4. The highest BCUT2D eigenvalue weighted by Crippen LogP contribution is 2.28. The van der Waals surface area contributed by atoms with Gasteiger partial charge >= 0.3 is 0 Å². The third kappa shape index (κ3) is 4.32. The molecule has 1 aromatic carbocycles. The van der Waals surface area contributed by atoms with Crippen LogP contribution in [0.3, 0.4) is 0 Å². The van der Waals surface area contributed by atoms with Crippen molar-refractivity contribution in [1.29, 1.82) is 0 Å². The van der Waals surface area contributed by atoms with Gasteiger partial charge in [0.15, 0.2) is 6.29 Å². The van der Waals surface area contributed by atoms with Crippen molar-refractivity contribution < 1.29 is 14.3 Å². The van der Waals surface area contributed by atoms with Gasteiger partial charge in [0.2, 0.25) is 5.91 Å². The highest BCUT2D eigenvalue weighted by molar-refractivity contribution is 5.73. The van der Waals surface area contributed by atoms with Gasteiger partial charge in [-0.25, -0.2) is 0 Å². The molecule has 1 aliphatic heterocycles. The van der Waals surface area contributed by atoms with Crippen LogP contribution in [0.15, 0.2) is 30.3 Å². The van der Waals surface area contributed by atoms with Gasteiger partial charge in [-0.3, -0.25) is 4.79 Å². The molecule has 1 heterocycles. The SMILES string of the molecule is CC(=O)NC(CC1OCC(C)(C)CO1)c1ccccc1. The van der Waals surface area contributed by atoms with Gasteiger partial charge in [-0.1, -0.05) is 44.2 Å². The van der Waals surface area contributed by atoms with E-state index < -0.39 is 0 Å². The van der Waals surface area contributed by atoms with E-state index in [9.17, 15) is 4.79 Å². The minimum Gasteiger partial charge on any atom is -0.352 e. The molecule has 2 rings (SSSR count). The predicted octanol–water partition coefficient (Wildman–Crippen LogP) is 2.65. The molecule has 1 aromatic rings. The molecule has 4 heteroatoms. The average Bonchev–Trinajstić information content (AvgIpc) is 2.41. The molecule has 1 amide bonds. The first-order valence-corrected chi connectivity index (χ1v) is 7.01. The van der Waals surface area contributed by atoms with Gasteiger partial charge in [0, 0.05) is 18.8 Å². The first kappa shape index (κ1) is 15.0. The van der Waals surface area contributed by atoms with E-state index >= 15 is 0 Å². The molecule has 1 fully saturated rings. The van der Waals surface area contributed by atoms with E-state index in [2.05, 4.69) is 19.2 Å². The third-order valence-corrected chi connectivity index (χ3v) is 3.33. The second kappa shape index (κ2) is 6.37. The van der Waals surface area contributed by atoms with Crippen molar-refractivity contribution in [3.8, 4) is 0 Å². The fourth-order valence-electron chi connectivity index (χ4n) is 2.26. The van der Waals surface area contributed by atoms with Crippen LogP contribution in [0.25, 0.3) is 0 Å². The van der Waals surface area contributed by atoms with Gasteiger partial charge in [0.1, 0.15) is 0 Å². The Morgan fingerprint density at radius 2 is 1.90 bits per heavy atom. The zero-order chi connectivity index (χ0) is 14.6. The number of nitrogens with one attached hydrogen (secondary N) is 1. The molecular formula is C16H23NO3. The van der Waals surface area contributed by atoms with Crippen molar-refractivity contribution in [3.63, 3.8) is 0 Å². The number of amides is 1. The zero-order valence-electron chi connectivity index (χ0n) is 12.4. The molecular weight excluding hydrogens is 254 g/mol. The number of hydrogen-bond donors (Lipinski definition) is 1. The molecule has 0 radical (unpaired) electrons. The lowest BCUT2D eigenvalue weighted by atomic mass is 9.95. The summed E-state index contributed by atoms with van der Waals surface area (Å²) in [4.78, 5) is 11.4. The molecule has 0 aromatic heterocycles. The Kier molecular flexibility index (Phi) is 4.78. The Morgan fingerprint density at radius 1 is 1.30 bits per heavy atom. The Bertz CT molecular complexity index is 434. The number of rotatable bonds is 4. The van der Waals surface area contributed by atoms with Gasteiger partial charge in [0.25, 0.3) is 0 Å². The molecule has 0 saturated carbocycles. The Hall–Kier alpha value is -1.39. The molecule has 110 valence electrons. The molecule has 1 atom stereocenters. The second-order valence-electron chi connectivity index (χ2n) is 6.12. The Balaban J connectivity index is 2.00. The van der Waals surface area contributed by atoms with Crippen LogP contribution in [0.1, 0.15) is 38.8 Å². The van der Waals surface area contributed by atoms with E-state index in [1.807, 2.05) is 30.3 Å². The van der Waals surface area contributed by atoms with E-state index in [4.69, 9.17) is 9.47 Å². The summed E-state index contributed by atoms with van der Waals surface area (Å²) in [6.45, 7) is 7.12. The first-order valence-electron chi connectivity index (χ1n) is 7.01. The maximum absolute atomic E-state index is 11.4. The quantitative estimate of drug-likeness (QED) is 0.920. The van der Waals surface area contributed by atoms with Gasteiger partial charge in [-0.2, -0.15) is 0 Å². The van der Waals surface area contributed by atoms with Gasteiger partial charge in [0.05, 0.1) is 19.3 Å². The van der Waals surface area contributed by atoms with Crippen LogP contribution >= 0.6 is 0 Å². The lowest BCUT2D eigenvalue weighted by Gasteiger charge is -2.36. The summed E-state index contributed by atoms with van der Waals surface area (Å²) in [6, 6.07) is 9.83. The highest BCUT2D eigenvalue weighted by atomic mass is 16.7. The van der Waals surface area contributed by atoms with Crippen LogP contribution in [-0.2, 0) is 14.3 Å². The van der Waals surface area contributed by atoms with Crippen molar-refractivity contribution in [3.05, 3.63) is 35.9 Å². The number of benzene rings is 1. The molecule has 0 spiro atoms. The van der Waals surface area contributed by atoms with Crippen LogP contribution in [0.5, 0.6) is 0 Å². The average molecular weight is 277 g/mol. The van der Waals surface area contributed by atoms with Crippen molar-refractivity contribution in [2.75, 3.05) is 13.2 Å². The zero-order valence-corrected chi connectivity index (χ0v) is 12.4. The van der Waals surface area contributed by atoms with Gasteiger partial charge in [-0.15, -0.1) is 0 Å². The number of carbonyl (C=O) groups is 1. The van der Waals surface area contributed by atoms with Crippen LogP contribution < -0.4 is 5.32 Å². The van der Waals surface area contributed by atoms with Crippen molar-refractivity contribution in [2.24, 2.45) is 5.41 Å². The second-order valence-corrected chi connectivity index (χ2v) is 6.12. The van der Waals surface area contributed by atoms with Crippen molar-refractivity contribution in [1.82, 2.24) is 5.32 Å². The van der Waals surface area contributed by atoms with Crippen molar-refractivity contribution >= 4 is 5.91 Å². The van der Waals surface area contributed by atoms with Crippen molar-refractivity contribution in [2.45, 2.75) is 39.5 Å². The van der Waals surface area contributed by atoms with Crippen LogP contribution in [0.2, 0.25) is 0 Å². The molecule has 4 nitrogen and oxygen atoms in total. The smallest absolute Gasteiger partial charge is 0.217 e. The van der Waals surface area contributed by atoms with Crippen LogP contribution in [0.4, 0.5) is 0 Å². The van der Waals surface area contributed by atoms with E-state index in [0.29, 0.717) is 19.6 Å². The largest absolute Gasteiger partial charge is 0.352 e. The summed E-state index contributed by atoms with van der Waals surface area (Å²) in [7, 11) is 0. The summed E-state index contributed by atoms with van der Waals surface area (Å²) in [6.07, 6.45) is 0.361. The minimum absolute atomic E-state index is 0.0463. The van der Waals surface area contributed by atoms with Gasteiger partial charge < -0.3 is 14.8 Å². The first-order chi connectivity index (χ1) is 9.46. The number of carbonyl (C=O) groups excluding carboxylic acids is 1.